The molecule has 0 aliphatic carbocycles. The number of aldehydes is 1. The third kappa shape index (κ3) is 1.37. The first kappa shape index (κ1) is 9.44. The molecule has 1 aromatic rings. The summed E-state index contributed by atoms with van der Waals surface area (Å²) in [6.07, 6.45) is 2.63. The number of hydrogen-bond donors (Lipinski definition) is 1. The molecule has 1 aliphatic rings. The lowest BCUT2D eigenvalue weighted by Crippen LogP contribution is -2.12. The molecule has 1 unspecified atom stereocenters. The van der Waals surface area contributed by atoms with Gasteiger partial charge < -0.3 is 4.79 Å². The molecular weight excluding hydrogens is 198 g/mol. The number of carbonyl (C=O) groups excluding carboxylic acids is 1. The van der Waals surface area contributed by atoms with Crippen molar-refractivity contribution in [3.05, 3.63) is 40.4 Å². The predicted molar refractivity (Wildman–Crippen MR) is 57.2 cm³/mol. The van der Waals surface area contributed by atoms with Crippen LogP contribution in [-0.2, 0) is 11.3 Å². The summed E-state index contributed by atoms with van der Waals surface area (Å²) in [4.78, 5) is 10.7. The molecule has 72 valence electrons. The van der Waals surface area contributed by atoms with Crippen LogP contribution in [0, 0.1) is 0 Å². The summed E-state index contributed by atoms with van der Waals surface area (Å²) in [6, 6.07) is 3.58. The molecule has 0 aromatic heterocycles. The van der Waals surface area contributed by atoms with E-state index in [1.165, 1.54) is 0 Å². The number of carbonyl (C=O) groups is 1. The van der Waals surface area contributed by atoms with E-state index in [1.54, 1.807) is 6.08 Å². The molecule has 1 aromatic carbocycles. The topological polar surface area (TPSA) is 29.1 Å². The first-order valence-corrected chi connectivity index (χ1v) is 4.77. The summed E-state index contributed by atoms with van der Waals surface area (Å²) >= 11 is 6.08. The van der Waals surface area contributed by atoms with Gasteiger partial charge in [0.05, 0.1) is 6.04 Å². The molecule has 1 heterocycles. The molecule has 0 radical (unpaired) electrons. The summed E-state index contributed by atoms with van der Waals surface area (Å²) in [7, 11) is 0. The minimum atomic E-state index is -0.253. The molecule has 1 N–H and O–H groups in total. The Kier molecular flexibility index (Phi) is 2.40. The van der Waals surface area contributed by atoms with Crippen LogP contribution >= 0.6 is 11.6 Å². The van der Waals surface area contributed by atoms with Crippen molar-refractivity contribution in [2.45, 2.75) is 12.6 Å². The van der Waals surface area contributed by atoms with Gasteiger partial charge in [0.15, 0.2) is 0 Å². The van der Waals surface area contributed by atoms with E-state index in [9.17, 15) is 4.79 Å². The second-order valence-electron chi connectivity index (χ2n) is 3.27. The van der Waals surface area contributed by atoms with Crippen LogP contribution in [0.1, 0.15) is 22.7 Å². The van der Waals surface area contributed by atoms with E-state index in [1.807, 2.05) is 12.1 Å². The van der Waals surface area contributed by atoms with Crippen molar-refractivity contribution in [2.75, 3.05) is 0 Å². The van der Waals surface area contributed by atoms with Gasteiger partial charge in [-0.15, -0.1) is 0 Å². The number of fused-ring (bicyclic) bond motifs is 1. The first-order chi connectivity index (χ1) is 6.76. The molecule has 0 saturated heterocycles. The van der Waals surface area contributed by atoms with Crippen molar-refractivity contribution >= 4 is 24.0 Å². The minimum Gasteiger partial charge on any atom is -0.301 e. The second kappa shape index (κ2) is 3.56. The van der Waals surface area contributed by atoms with E-state index in [0.717, 1.165) is 23.0 Å². The molecule has 3 heteroatoms. The molecular formula is C11H10ClNO. The third-order valence-corrected chi connectivity index (χ3v) is 2.75. The Balaban J connectivity index is 2.57. The Morgan fingerprint density at radius 1 is 1.57 bits per heavy atom. The average molecular weight is 208 g/mol. The van der Waals surface area contributed by atoms with Crippen LogP contribution < -0.4 is 5.32 Å². The van der Waals surface area contributed by atoms with Gasteiger partial charge >= 0.3 is 0 Å². The molecule has 2 nitrogen and oxygen atoms in total. The lowest BCUT2D eigenvalue weighted by molar-refractivity contribution is -0.109. The number of benzene rings is 1. The van der Waals surface area contributed by atoms with Crippen LogP contribution in [0.2, 0.25) is 5.02 Å². The van der Waals surface area contributed by atoms with Crippen molar-refractivity contribution in [1.82, 2.24) is 5.32 Å². The van der Waals surface area contributed by atoms with E-state index in [2.05, 4.69) is 11.9 Å². The Hall–Kier alpha value is -1.12. The van der Waals surface area contributed by atoms with E-state index < -0.39 is 0 Å². The van der Waals surface area contributed by atoms with Gasteiger partial charge in [0.2, 0.25) is 0 Å². The quantitative estimate of drug-likeness (QED) is 0.755. The maximum absolute atomic E-state index is 10.7. The Morgan fingerprint density at radius 3 is 3.00 bits per heavy atom. The molecule has 0 bridgehead atoms. The Bertz CT molecular complexity index is 401. The summed E-state index contributed by atoms with van der Waals surface area (Å²) in [5.41, 5.74) is 2.99. The maximum Gasteiger partial charge on any atom is 0.141 e. The van der Waals surface area contributed by atoms with Gasteiger partial charge in [-0.1, -0.05) is 30.3 Å². The highest BCUT2D eigenvalue weighted by atomic mass is 35.5. The van der Waals surface area contributed by atoms with Crippen LogP contribution in [0.3, 0.4) is 0 Å². The fourth-order valence-electron chi connectivity index (χ4n) is 1.75. The van der Waals surface area contributed by atoms with Gasteiger partial charge in [0.25, 0.3) is 0 Å². The zero-order valence-electron chi connectivity index (χ0n) is 7.59. The van der Waals surface area contributed by atoms with Crippen LogP contribution in [0.15, 0.2) is 18.7 Å². The number of hydrogen-bond acceptors (Lipinski definition) is 2. The minimum absolute atomic E-state index is 0.253. The maximum atomic E-state index is 10.7. The van der Waals surface area contributed by atoms with Crippen LogP contribution in [0.4, 0.5) is 0 Å². The molecule has 1 aliphatic heterocycles. The highest BCUT2D eigenvalue weighted by Crippen LogP contribution is 2.32. The first-order valence-electron chi connectivity index (χ1n) is 4.39. The smallest absolute Gasteiger partial charge is 0.141 e. The summed E-state index contributed by atoms with van der Waals surface area (Å²) < 4.78 is 0. The lowest BCUT2D eigenvalue weighted by atomic mass is 10.0. The number of rotatable bonds is 2. The van der Waals surface area contributed by atoms with Gasteiger partial charge in [-0.05, 0) is 22.8 Å². The number of halogens is 1. The lowest BCUT2D eigenvalue weighted by Gasteiger charge is -2.06. The summed E-state index contributed by atoms with van der Waals surface area (Å²) in [5.74, 6) is 0. The van der Waals surface area contributed by atoms with E-state index in [0.29, 0.717) is 11.6 Å². The fraction of sp³-hybridized carbons (Fsp3) is 0.182. The van der Waals surface area contributed by atoms with E-state index in [-0.39, 0.29) is 6.04 Å². The highest BCUT2D eigenvalue weighted by molar-refractivity contribution is 6.31. The van der Waals surface area contributed by atoms with Gasteiger partial charge in [-0.25, -0.2) is 0 Å². The second-order valence-corrected chi connectivity index (χ2v) is 3.68. The van der Waals surface area contributed by atoms with Gasteiger partial charge in [-0.2, -0.15) is 0 Å². The monoisotopic (exact) mass is 207 g/mol. The summed E-state index contributed by atoms with van der Waals surface area (Å²) in [6.45, 7) is 4.38. The zero-order chi connectivity index (χ0) is 10.1. The highest BCUT2D eigenvalue weighted by Gasteiger charge is 2.24. The van der Waals surface area contributed by atoms with E-state index >= 15 is 0 Å². The molecule has 0 amide bonds. The van der Waals surface area contributed by atoms with Crippen LogP contribution in [0.25, 0.3) is 6.08 Å². The fourth-order valence-corrected chi connectivity index (χ4v) is 2.11. The van der Waals surface area contributed by atoms with E-state index in [4.69, 9.17) is 11.6 Å². The average Bonchev–Trinajstić information content (AvgIpc) is 2.61. The van der Waals surface area contributed by atoms with Crippen molar-refractivity contribution in [3.8, 4) is 0 Å². The van der Waals surface area contributed by atoms with Crippen molar-refractivity contribution in [2.24, 2.45) is 0 Å². The van der Waals surface area contributed by atoms with Gasteiger partial charge in [-0.3, -0.25) is 5.32 Å². The van der Waals surface area contributed by atoms with Gasteiger partial charge in [0, 0.05) is 11.6 Å². The molecule has 0 spiro atoms. The normalized spacial score (nSPS) is 19.1. The molecule has 1 atom stereocenters. The van der Waals surface area contributed by atoms with Crippen molar-refractivity contribution in [1.29, 1.82) is 0 Å². The Morgan fingerprint density at radius 2 is 2.36 bits per heavy atom. The SMILES string of the molecule is C=Cc1cc(Cl)c2c(c1)CNC2C=O. The van der Waals surface area contributed by atoms with Gasteiger partial charge in [0.1, 0.15) is 6.29 Å². The summed E-state index contributed by atoms with van der Waals surface area (Å²) in [5, 5.41) is 3.72. The standard InChI is InChI=1S/C11H10ClNO/c1-2-7-3-8-5-13-10(6-14)11(8)9(12)4-7/h2-4,6,10,13H,1,5H2. The number of nitrogens with one attached hydrogen (secondary N) is 1. The Labute approximate surface area is 87.6 Å². The molecule has 0 fully saturated rings. The van der Waals surface area contributed by atoms with Crippen molar-refractivity contribution < 1.29 is 4.79 Å². The molecule has 14 heavy (non-hydrogen) atoms. The molecule has 0 saturated carbocycles. The predicted octanol–water partition coefficient (Wildman–Crippen LogP) is 2.33. The molecule has 2 rings (SSSR count). The van der Waals surface area contributed by atoms with Crippen molar-refractivity contribution in [3.63, 3.8) is 0 Å². The third-order valence-electron chi connectivity index (χ3n) is 2.43. The zero-order valence-corrected chi connectivity index (χ0v) is 8.34. The largest absolute Gasteiger partial charge is 0.301 e. The van der Waals surface area contributed by atoms with Crippen LogP contribution in [-0.4, -0.2) is 6.29 Å². The van der Waals surface area contributed by atoms with Crippen LogP contribution in [0.5, 0.6) is 0 Å².